The fraction of sp³-hybridized carbons (Fsp3) is 0. The maximum absolute atomic E-state index is 10.6. The molecule has 0 aromatic heterocycles. The van der Waals surface area contributed by atoms with Crippen molar-refractivity contribution < 1.29 is 4.79 Å². The molecule has 22 heavy (non-hydrogen) atoms. The van der Waals surface area contributed by atoms with Crippen LogP contribution in [0.25, 0.3) is 11.1 Å². The van der Waals surface area contributed by atoms with Crippen LogP contribution in [0.15, 0.2) is 78.9 Å². The highest BCUT2D eigenvalue weighted by atomic mass is 16.1. The quantitative estimate of drug-likeness (QED) is 0.497. The van der Waals surface area contributed by atoms with Crippen molar-refractivity contribution in [2.75, 3.05) is 0 Å². The zero-order valence-electron chi connectivity index (χ0n) is 12.0. The molecular formula is C21H14O. The SMILES string of the molecule is O=Cc1ccc(C#Cc2ccc(-c3ccccc3)cc2)cc1. The van der Waals surface area contributed by atoms with Crippen molar-refractivity contribution in [2.24, 2.45) is 0 Å². The van der Waals surface area contributed by atoms with E-state index in [2.05, 4.69) is 36.1 Å². The molecule has 0 N–H and O–H groups in total. The van der Waals surface area contributed by atoms with Crippen molar-refractivity contribution in [2.45, 2.75) is 0 Å². The number of aldehydes is 1. The lowest BCUT2D eigenvalue weighted by atomic mass is 10.0. The van der Waals surface area contributed by atoms with Gasteiger partial charge in [-0.2, -0.15) is 0 Å². The van der Waals surface area contributed by atoms with E-state index in [1.54, 1.807) is 12.1 Å². The molecule has 3 aromatic carbocycles. The van der Waals surface area contributed by atoms with Gasteiger partial charge in [-0.05, 0) is 35.4 Å². The van der Waals surface area contributed by atoms with Crippen LogP contribution in [0.5, 0.6) is 0 Å². The number of hydrogen-bond acceptors (Lipinski definition) is 1. The maximum Gasteiger partial charge on any atom is 0.150 e. The van der Waals surface area contributed by atoms with Crippen LogP contribution in [0.3, 0.4) is 0 Å². The van der Waals surface area contributed by atoms with Crippen molar-refractivity contribution in [1.29, 1.82) is 0 Å². The second kappa shape index (κ2) is 6.56. The zero-order chi connectivity index (χ0) is 15.2. The topological polar surface area (TPSA) is 17.1 Å². The summed E-state index contributed by atoms with van der Waals surface area (Å²) in [6.45, 7) is 0. The van der Waals surface area contributed by atoms with Crippen LogP contribution < -0.4 is 0 Å². The molecule has 0 bridgehead atoms. The van der Waals surface area contributed by atoms with Crippen LogP contribution in [0.4, 0.5) is 0 Å². The minimum atomic E-state index is 0.665. The highest BCUT2D eigenvalue weighted by Crippen LogP contribution is 2.18. The Morgan fingerprint density at radius 1 is 0.591 bits per heavy atom. The van der Waals surface area contributed by atoms with Gasteiger partial charge in [0.05, 0.1) is 0 Å². The smallest absolute Gasteiger partial charge is 0.150 e. The van der Waals surface area contributed by atoms with E-state index in [9.17, 15) is 4.79 Å². The molecule has 0 spiro atoms. The summed E-state index contributed by atoms with van der Waals surface area (Å²) in [5.41, 5.74) is 4.92. The van der Waals surface area contributed by atoms with E-state index in [1.807, 2.05) is 42.5 Å². The second-order valence-corrected chi connectivity index (χ2v) is 4.93. The second-order valence-electron chi connectivity index (χ2n) is 4.93. The average molecular weight is 282 g/mol. The summed E-state index contributed by atoms with van der Waals surface area (Å²) >= 11 is 0. The van der Waals surface area contributed by atoms with Crippen LogP contribution >= 0.6 is 0 Å². The number of carbonyl (C=O) groups is 1. The molecule has 0 heterocycles. The van der Waals surface area contributed by atoms with Crippen molar-refractivity contribution in [1.82, 2.24) is 0 Å². The summed E-state index contributed by atoms with van der Waals surface area (Å²) < 4.78 is 0. The van der Waals surface area contributed by atoms with E-state index in [0.717, 1.165) is 17.4 Å². The molecule has 3 aromatic rings. The highest BCUT2D eigenvalue weighted by Gasteiger charge is 1.95. The van der Waals surface area contributed by atoms with Gasteiger partial charge in [0.1, 0.15) is 6.29 Å². The van der Waals surface area contributed by atoms with Crippen LogP contribution in [0, 0.1) is 11.8 Å². The van der Waals surface area contributed by atoms with Crippen molar-refractivity contribution in [3.63, 3.8) is 0 Å². The standard InChI is InChI=1S/C21H14O/c22-16-19-10-8-17(9-11-19)6-7-18-12-14-21(15-13-18)20-4-2-1-3-5-20/h1-5,8-16H. The van der Waals surface area contributed by atoms with E-state index < -0.39 is 0 Å². The van der Waals surface area contributed by atoms with Gasteiger partial charge in [0.25, 0.3) is 0 Å². The van der Waals surface area contributed by atoms with Gasteiger partial charge < -0.3 is 0 Å². The first-order valence-corrected chi connectivity index (χ1v) is 7.08. The lowest BCUT2D eigenvalue weighted by molar-refractivity contribution is 0.112. The fourth-order valence-corrected chi connectivity index (χ4v) is 2.17. The molecular weight excluding hydrogens is 268 g/mol. The summed E-state index contributed by atoms with van der Waals surface area (Å²) in [6.07, 6.45) is 0.833. The van der Waals surface area contributed by atoms with Crippen molar-refractivity contribution >= 4 is 6.29 Å². The predicted molar refractivity (Wildman–Crippen MR) is 89.7 cm³/mol. The molecule has 0 unspecified atom stereocenters. The number of carbonyl (C=O) groups excluding carboxylic acids is 1. The van der Waals surface area contributed by atoms with E-state index in [0.29, 0.717) is 5.56 Å². The van der Waals surface area contributed by atoms with E-state index in [-0.39, 0.29) is 0 Å². The number of benzene rings is 3. The molecule has 1 nitrogen and oxygen atoms in total. The first-order chi connectivity index (χ1) is 10.8. The summed E-state index contributed by atoms with van der Waals surface area (Å²) in [6, 6.07) is 25.7. The average Bonchev–Trinajstić information content (AvgIpc) is 2.61. The highest BCUT2D eigenvalue weighted by molar-refractivity contribution is 5.74. The Kier molecular flexibility index (Phi) is 4.13. The first-order valence-electron chi connectivity index (χ1n) is 7.08. The number of rotatable bonds is 2. The van der Waals surface area contributed by atoms with E-state index >= 15 is 0 Å². The first kappa shape index (κ1) is 13.9. The van der Waals surface area contributed by atoms with Gasteiger partial charge in [0, 0.05) is 16.7 Å². The zero-order valence-corrected chi connectivity index (χ0v) is 12.0. The summed E-state index contributed by atoms with van der Waals surface area (Å²) in [5.74, 6) is 6.24. The molecule has 0 amide bonds. The lowest BCUT2D eigenvalue weighted by Gasteiger charge is -2.00. The van der Waals surface area contributed by atoms with Crippen LogP contribution in [0.2, 0.25) is 0 Å². The molecule has 0 atom stereocenters. The van der Waals surface area contributed by atoms with Gasteiger partial charge in [0.2, 0.25) is 0 Å². The Morgan fingerprint density at radius 2 is 1.09 bits per heavy atom. The molecule has 0 fully saturated rings. The molecule has 0 aliphatic heterocycles. The number of hydrogen-bond donors (Lipinski definition) is 0. The molecule has 0 aliphatic rings. The van der Waals surface area contributed by atoms with E-state index in [4.69, 9.17) is 0 Å². The minimum Gasteiger partial charge on any atom is -0.298 e. The van der Waals surface area contributed by atoms with Gasteiger partial charge in [-0.25, -0.2) is 0 Å². The van der Waals surface area contributed by atoms with Gasteiger partial charge in [0.15, 0.2) is 0 Å². The summed E-state index contributed by atoms with van der Waals surface area (Å²) in [5, 5.41) is 0. The van der Waals surface area contributed by atoms with Gasteiger partial charge in [-0.1, -0.05) is 66.4 Å². The Balaban J connectivity index is 1.79. The monoisotopic (exact) mass is 282 g/mol. The summed E-state index contributed by atoms with van der Waals surface area (Å²) in [7, 11) is 0. The summed E-state index contributed by atoms with van der Waals surface area (Å²) in [4.78, 5) is 10.6. The third-order valence-corrected chi connectivity index (χ3v) is 3.39. The Bertz CT molecular complexity index is 817. The lowest BCUT2D eigenvalue weighted by Crippen LogP contribution is -1.81. The van der Waals surface area contributed by atoms with Crippen LogP contribution in [-0.2, 0) is 0 Å². The van der Waals surface area contributed by atoms with E-state index in [1.165, 1.54) is 11.1 Å². The molecule has 0 aliphatic carbocycles. The van der Waals surface area contributed by atoms with Crippen LogP contribution in [-0.4, -0.2) is 6.29 Å². The minimum absolute atomic E-state index is 0.665. The van der Waals surface area contributed by atoms with Gasteiger partial charge >= 0.3 is 0 Å². The molecule has 0 radical (unpaired) electrons. The maximum atomic E-state index is 10.6. The molecule has 0 saturated carbocycles. The third-order valence-electron chi connectivity index (χ3n) is 3.39. The predicted octanol–water partition coefficient (Wildman–Crippen LogP) is 4.57. The van der Waals surface area contributed by atoms with Gasteiger partial charge in [-0.15, -0.1) is 0 Å². The van der Waals surface area contributed by atoms with Crippen molar-refractivity contribution in [3.8, 4) is 23.0 Å². The van der Waals surface area contributed by atoms with Crippen LogP contribution in [0.1, 0.15) is 21.5 Å². The van der Waals surface area contributed by atoms with Crippen molar-refractivity contribution in [3.05, 3.63) is 95.6 Å². The normalized spacial score (nSPS) is 9.64. The molecule has 3 rings (SSSR count). The third kappa shape index (κ3) is 3.31. The fourth-order valence-electron chi connectivity index (χ4n) is 2.17. The Labute approximate surface area is 130 Å². The molecule has 104 valence electrons. The molecule has 0 saturated heterocycles. The van der Waals surface area contributed by atoms with Gasteiger partial charge in [-0.3, -0.25) is 4.79 Å². The largest absolute Gasteiger partial charge is 0.298 e. The molecule has 1 heteroatoms. The Morgan fingerprint density at radius 3 is 1.64 bits per heavy atom. The Hall–Kier alpha value is -3.11.